The molecule has 0 atom stereocenters. The highest BCUT2D eigenvalue weighted by Crippen LogP contribution is 2.50. The maximum atomic E-state index is 2.46. The molecule has 0 saturated heterocycles. The summed E-state index contributed by atoms with van der Waals surface area (Å²) in [4.78, 5) is 4.88. The van der Waals surface area contributed by atoms with Crippen LogP contribution in [0, 0.1) is 0 Å². The summed E-state index contributed by atoms with van der Waals surface area (Å²) in [5.41, 5.74) is 9.05. The second-order valence-electron chi connectivity index (χ2n) is 14.6. The molecule has 1 heterocycles. The number of benzene rings is 10. The van der Waals surface area contributed by atoms with Crippen LogP contribution in [0.5, 0.6) is 0 Å². The molecule has 0 aliphatic heterocycles. The van der Waals surface area contributed by atoms with E-state index in [0.717, 1.165) is 34.1 Å². The van der Waals surface area contributed by atoms with Gasteiger partial charge in [0.05, 0.1) is 5.69 Å². The van der Waals surface area contributed by atoms with Gasteiger partial charge in [-0.05, 0) is 116 Å². The normalized spacial score (nSPS) is 11.5. The molecule has 268 valence electrons. The van der Waals surface area contributed by atoms with E-state index in [0.29, 0.717) is 0 Å². The number of fused-ring (bicyclic) bond motifs is 6. The number of hydrogen-bond donors (Lipinski definition) is 0. The van der Waals surface area contributed by atoms with Crippen LogP contribution in [0.2, 0.25) is 0 Å². The van der Waals surface area contributed by atoms with Crippen molar-refractivity contribution in [2.45, 2.75) is 0 Å². The molecule has 10 aromatic carbocycles. The Morgan fingerprint density at radius 3 is 1.39 bits per heavy atom. The van der Waals surface area contributed by atoms with E-state index in [4.69, 9.17) is 0 Å². The van der Waals surface area contributed by atoms with E-state index in [1.54, 1.807) is 0 Å². The zero-order valence-corrected chi connectivity index (χ0v) is 31.9. The number of rotatable bonds is 7. The van der Waals surface area contributed by atoms with E-state index in [9.17, 15) is 0 Å². The molecular formula is C54H36N2S. The number of thiophene rings is 1. The first-order valence-corrected chi connectivity index (χ1v) is 20.2. The van der Waals surface area contributed by atoms with Crippen molar-refractivity contribution >= 4 is 98.0 Å². The third-order valence-corrected chi connectivity index (χ3v) is 12.2. The van der Waals surface area contributed by atoms with Crippen LogP contribution in [-0.4, -0.2) is 0 Å². The molecule has 1 aromatic heterocycles. The van der Waals surface area contributed by atoms with Gasteiger partial charge in [-0.25, -0.2) is 0 Å². The zero-order chi connectivity index (χ0) is 37.7. The van der Waals surface area contributed by atoms with Crippen molar-refractivity contribution in [3.63, 3.8) is 0 Å². The van der Waals surface area contributed by atoms with Gasteiger partial charge in [-0.1, -0.05) is 146 Å². The molecule has 0 aliphatic rings. The highest BCUT2D eigenvalue weighted by molar-refractivity contribution is 7.26. The third-order valence-electron chi connectivity index (χ3n) is 11.1. The maximum absolute atomic E-state index is 2.46. The van der Waals surface area contributed by atoms with Gasteiger partial charge in [0.2, 0.25) is 0 Å². The van der Waals surface area contributed by atoms with Crippen molar-refractivity contribution < 1.29 is 0 Å². The molecule has 0 spiro atoms. The van der Waals surface area contributed by atoms with Gasteiger partial charge < -0.3 is 9.80 Å². The fourth-order valence-corrected chi connectivity index (χ4v) is 9.57. The predicted molar refractivity (Wildman–Crippen MR) is 247 cm³/mol. The van der Waals surface area contributed by atoms with Crippen LogP contribution in [0.4, 0.5) is 34.1 Å². The summed E-state index contributed by atoms with van der Waals surface area (Å²) in [7, 11) is 0. The Kier molecular flexibility index (Phi) is 8.04. The molecule has 0 N–H and O–H groups in total. The van der Waals surface area contributed by atoms with Gasteiger partial charge in [0.1, 0.15) is 0 Å². The van der Waals surface area contributed by atoms with Crippen molar-refractivity contribution in [2.24, 2.45) is 0 Å². The summed E-state index contributed by atoms with van der Waals surface area (Å²) in [6.07, 6.45) is 0. The second-order valence-corrected chi connectivity index (χ2v) is 15.7. The molecular weight excluding hydrogens is 709 g/mol. The zero-order valence-electron chi connectivity index (χ0n) is 31.1. The van der Waals surface area contributed by atoms with E-state index < -0.39 is 0 Å². The summed E-state index contributed by atoms with van der Waals surface area (Å²) < 4.78 is 2.51. The minimum absolute atomic E-state index is 1.10. The molecule has 0 amide bonds. The predicted octanol–water partition coefficient (Wildman–Crippen LogP) is 16.1. The van der Waals surface area contributed by atoms with Crippen LogP contribution >= 0.6 is 11.3 Å². The van der Waals surface area contributed by atoms with Gasteiger partial charge in [-0.3, -0.25) is 0 Å². The number of nitrogens with zero attached hydrogens (tertiary/aromatic N) is 2. The van der Waals surface area contributed by atoms with Crippen LogP contribution in [-0.2, 0) is 0 Å². The second kappa shape index (κ2) is 13.8. The van der Waals surface area contributed by atoms with E-state index in [-0.39, 0.29) is 0 Å². The minimum Gasteiger partial charge on any atom is -0.310 e. The lowest BCUT2D eigenvalue weighted by Crippen LogP contribution is -2.13. The quantitative estimate of drug-likeness (QED) is 0.160. The molecule has 0 radical (unpaired) electrons. The number of para-hydroxylation sites is 1. The Morgan fingerprint density at radius 1 is 0.281 bits per heavy atom. The molecule has 11 rings (SSSR count). The summed E-state index contributed by atoms with van der Waals surface area (Å²) >= 11 is 1.87. The molecule has 57 heavy (non-hydrogen) atoms. The topological polar surface area (TPSA) is 6.48 Å². The molecule has 0 unspecified atom stereocenters. The van der Waals surface area contributed by atoms with Crippen LogP contribution in [0.1, 0.15) is 0 Å². The van der Waals surface area contributed by atoms with Crippen LogP contribution in [0.3, 0.4) is 0 Å². The van der Waals surface area contributed by atoms with Crippen molar-refractivity contribution in [3.8, 4) is 11.1 Å². The maximum Gasteiger partial charge on any atom is 0.0575 e. The molecule has 3 heteroatoms. The van der Waals surface area contributed by atoms with Crippen molar-refractivity contribution in [1.82, 2.24) is 0 Å². The van der Waals surface area contributed by atoms with Gasteiger partial charge in [0.15, 0.2) is 0 Å². The van der Waals surface area contributed by atoms with Crippen LogP contribution in [0.15, 0.2) is 218 Å². The molecule has 11 aromatic rings. The minimum atomic E-state index is 1.10. The average molecular weight is 745 g/mol. The molecule has 0 saturated carbocycles. The fraction of sp³-hybridized carbons (Fsp3) is 0. The van der Waals surface area contributed by atoms with Gasteiger partial charge in [-0.15, -0.1) is 11.3 Å². The lowest BCUT2D eigenvalue weighted by Gasteiger charge is -2.30. The van der Waals surface area contributed by atoms with E-state index in [1.807, 2.05) is 11.3 Å². The van der Waals surface area contributed by atoms with Crippen molar-refractivity contribution in [1.29, 1.82) is 0 Å². The first kappa shape index (κ1) is 33.2. The Morgan fingerprint density at radius 2 is 0.754 bits per heavy atom. The van der Waals surface area contributed by atoms with E-state index in [1.165, 1.54) is 63.6 Å². The lowest BCUT2D eigenvalue weighted by atomic mass is 10.0. The van der Waals surface area contributed by atoms with Gasteiger partial charge in [0, 0.05) is 48.6 Å². The SMILES string of the molecule is c1ccc(-c2ccc(N(c3ccc4ccccc4c3)c3cc(N(c4ccccc4)c4ccc5ccccc5c4)c4c(c3)sc3cc5ccccc5cc34)cc2)cc1. The summed E-state index contributed by atoms with van der Waals surface area (Å²) in [5.74, 6) is 0. The first-order valence-electron chi connectivity index (χ1n) is 19.4. The molecule has 0 fully saturated rings. The van der Waals surface area contributed by atoms with Crippen LogP contribution < -0.4 is 9.80 Å². The van der Waals surface area contributed by atoms with Crippen molar-refractivity contribution in [2.75, 3.05) is 9.80 Å². The summed E-state index contributed by atoms with van der Waals surface area (Å²) in [6.45, 7) is 0. The van der Waals surface area contributed by atoms with Crippen molar-refractivity contribution in [3.05, 3.63) is 218 Å². The van der Waals surface area contributed by atoms with Gasteiger partial charge >= 0.3 is 0 Å². The van der Waals surface area contributed by atoms with Gasteiger partial charge in [0.25, 0.3) is 0 Å². The monoisotopic (exact) mass is 744 g/mol. The first-order chi connectivity index (χ1) is 28.2. The average Bonchev–Trinajstić information content (AvgIpc) is 3.64. The summed E-state index contributed by atoms with van der Waals surface area (Å²) in [5, 5.41) is 9.87. The van der Waals surface area contributed by atoms with Gasteiger partial charge in [-0.2, -0.15) is 0 Å². The Bertz CT molecular complexity index is 3240. The standard InChI is InChI=1S/C54H36N2S/c1-3-13-37(14-4-1)40-23-27-46(28-24-40)55(47-29-25-38-15-7-9-17-41(38)31-47)49-35-51(54-50-33-43-19-11-12-20-44(43)34-52(50)57-53(54)36-49)56(45-21-5-2-6-22-45)48-30-26-39-16-8-10-18-42(39)32-48/h1-36H. The van der Waals surface area contributed by atoms with E-state index >= 15 is 0 Å². The smallest absolute Gasteiger partial charge is 0.0575 e. The highest BCUT2D eigenvalue weighted by atomic mass is 32.1. The number of anilines is 6. The molecule has 0 aliphatic carbocycles. The summed E-state index contributed by atoms with van der Waals surface area (Å²) in [6, 6.07) is 79.6. The van der Waals surface area contributed by atoms with Crippen LogP contribution in [0.25, 0.3) is 63.6 Å². The lowest BCUT2D eigenvalue weighted by molar-refractivity contribution is 1.27. The molecule has 2 nitrogen and oxygen atoms in total. The number of hydrogen-bond acceptors (Lipinski definition) is 3. The Hall–Kier alpha value is -7.20. The largest absolute Gasteiger partial charge is 0.310 e. The molecule has 0 bridgehead atoms. The third kappa shape index (κ3) is 5.97. The van der Waals surface area contributed by atoms with E-state index in [2.05, 4.69) is 228 Å². The fourth-order valence-electron chi connectivity index (χ4n) is 8.38. The Balaban J connectivity index is 1.21. The highest BCUT2D eigenvalue weighted by Gasteiger charge is 2.23. The Labute approximate surface area is 335 Å².